The Hall–Kier alpha value is -1.64. The lowest BCUT2D eigenvalue weighted by atomic mass is 9.60. The minimum atomic E-state index is -0.588. The molecule has 3 rings (SSSR count). The zero-order chi connectivity index (χ0) is 16.7. The van der Waals surface area contributed by atoms with Gasteiger partial charge in [-0.2, -0.15) is 0 Å². The maximum Gasteiger partial charge on any atom is 0.127 e. The Balaban J connectivity index is 2.18. The lowest BCUT2D eigenvalue weighted by Gasteiger charge is -2.62. The molecule has 1 heterocycles. The molecule has 1 saturated heterocycles. The third-order valence-electron chi connectivity index (χ3n) is 5.04. The molecule has 23 heavy (non-hydrogen) atoms. The fourth-order valence-electron chi connectivity index (χ4n) is 4.03. The molecule has 0 spiro atoms. The van der Waals surface area contributed by atoms with Crippen LogP contribution in [0.25, 0.3) is 0 Å². The van der Waals surface area contributed by atoms with Crippen LogP contribution in [0.1, 0.15) is 38.8 Å². The molecule has 2 aromatic rings. The summed E-state index contributed by atoms with van der Waals surface area (Å²) in [6, 6.07) is 20.6. The highest BCUT2D eigenvalue weighted by Gasteiger charge is 2.64. The Morgan fingerprint density at radius 3 is 1.65 bits per heavy atom. The van der Waals surface area contributed by atoms with Crippen LogP contribution < -0.4 is 0 Å². The molecule has 0 aliphatic carbocycles. The number of rotatable bonds is 4. The summed E-state index contributed by atoms with van der Waals surface area (Å²) >= 11 is 0. The van der Waals surface area contributed by atoms with Crippen molar-refractivity contribution in [2.75, 3.05) is 0 Å². The van der Waals surface area contributed by atoms with Crippen LogP contribution >= 0.6 is 0 Å². The van der Waals surface area contributed by atoms with Crippen molar-refractivity contribution >= 4 is 0 Å². The minimum absolute atomic E-state index is 0.000185. The van der Waals surface area contributed by atoms with Gasteiger partial charge in [-0.25, -0.2) is 0 Å². The standard InChI is InChI=1S/C21H26O2/c1-15(2)18(22)19-20(3,4)23-21(19,16-11-7-5-8-12-16)17-13-9-6-10-14-17/h5-15,18-19,22H,1-4H3. The van der Waals surface area contributed by atoms with E-state index in [0.29, 0.717) is 0 Å². The summed E-state index contributed by atoms with van der Waals surface area (Å²) in [4.78, 5) is 0. The van der Waals surface area contributed by atoms with Crippen LogP contribution in [0.2, 0.25) is 0 Å². The van der Waals surface area contributed by atoms with Gasteiger partial charge in [0.2, 0.25) is 0 Å². The number of aliphatic hydroxyl groups is 1. The Bertz CT molecular complexity index is 607. The second kappa shape index (κ2) is 5.77. The second-order valence-corrected chi connectivity index (χ2v) is 7.39. The maximum atomic E-state index is 11.0. The fraction of sp³-hybridized carbons (Fsp3) is 0.429. The van der Waals surface area contributed by atoms with E-state index in [1.165, 1.54) is 0 Å². The Kier molecular flexibility index (Phi) is 4.07. The van der Waals surface area contributed by atoms with Crippen molar-refractivity contribution in [1.82, 2.24) is 0 Å². The van der Waals surface area contributed by atoms with E-state index in [1.54, 1.807) is 0 Å². The largest absolute Gasteiger partial charge is 0.392 e. The van der Waals surface area contributed by atoms with Gasteiger partial charge in [0.05, 0.1) is 17.6 Å². The third kappa shape index (κ3) is 2.50. The average molecular weight is 310 g/mol. The summed E-state index contributed by atoms with van der Waals surface area (Å²) < 4.78 is 6.51. The lowest BCUT2D eigenvalue weighted by Crippen LogP contribution is -2.68. The molecule has 1 fully saturated rings. The van der Waals surface area contributed by atoms with E-state index in [9.17, 15) is 5.11 Å². The summed E-state index contributed by atoms with van der Waals surface area (Å²) in [6.45, 7) is 8.29. The van der Waals surface area contributed by atoms with Gasteiger partial charge in [-0.15, -0.1) is 0 Å². The molecule has 0 amide bonds. The van der Waals surface area contributed by atoms with E-state index in [-0.39, 0.29) is 17.4 Å². The van der Waals surface area contributed by atoms with Crippen LogP contribution in [0, 0.1) is 11.8 Å². The Morgan fingerprint density at radius 2 is 1.30 bits per heavy atom. The van der Waals surface area contributed by atoms with Crippen molar-refractivity contribution in [1.29, 1.82) is 0 Å². The summed E-state index contributed by atoms with van der Waals surface area (Å²) in [6.07, 6.45) is -0.431. The van der Waals surface area contributed by atoms with E-state index < -0.39 is 11.7 Å². The molecular formula is C21H26O2. The van der Waals surface area contributed by atoms with E-state index in [4.69, 9.17) is 4.74 Å². The van der Waals surface area contributed by atoms with Crippen molar-refractivity contribution < 1.29 is 9.84 Å². The quantitative estimate of drug-likeness (QED) is 0.908. The van der Waals surface area contributed by atoms with E-state index in [0.717, 1.165) is 11.1 Å². The maximum absolute atomic E-state index is 11.0. The van der Waals surface area contributed by atoms with Gasteiger partial charge in [-0.3, -0.25) is 0 Å². The lowest BCUT2D eigenvalue weighted by molar-refractivity contribution is -0.325. The molecule has 1 aliphatic heterocycles. The van der Waals surface area contributed by atoms with Gasteiger partial charge in [0.15, 0.2) is 0 Å². The monoisotopic (exact) mass is 310 g/mol. The van der Waals surface area contributed by atoms with Crippen molar-refractivity contribution in [3.63, 3.8) is 0 Å². The topological polar surface area (TPSA) is 29.5 Å². The first-order valence-corrected chi connectivity index (χ1v) is 8.39. The van der Waals surface area contributed by atoms with Gasteiger partial charge in [0.25, 0.3) is 0 Å². The summed E-state index contributed by atoms with van der Waals surface area (Å²) in [5.74, 6) is 0.176. The van der Waals surface area contributed by atoms with Gasteiger partial charge in [-0.1, -0.05) is 74.5 Å². The van der Waals surface area contributed by atoms with Gasteiger partial charge < -0.3 is 9.84 Å². The van der Waals surface area contributed by atoms with E-state index in [1.807, 2.05) is 36.4 Å². The van der Waals surface area contributed by atoms with Crippen molar-refractivity contribution in [2.24, 2.45) is 11.8 Å². The van der Waals surface area contributed by atoms with Crippen molar-refractivity contribution in [3.8, 4) is 0 Å². The normalized spacial score (nSPS) is 23.3. The number of hydrogen-bond acceptors (Lipinski definition) is 2. The highest BCUT2D eigenvalue weighted by molar-refractivity contribution is 5.42. The first kappa shape index (κ1) is 16.2. The third-order valence-corrected chi connectivity index (χ3v) is 5.04. The highest BCUT2D eigenvalue weighted by Crippen LogP contribution is 2.59. The molecule has 2 aromatic carbocycles. The Labute approximate surface area is 139 Å². The molecule has 1 aliphatic rings. The smallest absolute Gasteiger partial charge is 0.127 e. The molecular weight excluding hydrogens is 284 g/mol. The molecule has 122 valence electrons. The van der Waals surface area contributed by atoms with Crippen LogP contribution in [0.3, 0.4) is 0 Å². The molecule has 2 unspecified atom stereocenters. The van der Waals surface area contributed by atoms with Gasteiger partial charge in [0.1, 0.15) is 5.60 Å². The first-order chi connectivity index (χ1) is 10.9. The molecule has 0 bridgehead atoms. The van der Waals surface area contributed by atoms with Crippen LogP contribution in [0.15, 0.2) is 60.7 Å². The molecule has 0 saturated carbocycles. The molecule has 2 heteroatoms. The predicted octanol–water partition coefficient (Wildman–Crippen LogP) is 4.37. The fourth-order valence-corrected chi connectivity index (χ4v) is 4.03. The number of hydrogen-bond donors (Lipinski definition) is 1. The summed E-state index contributed by atoms with van der Waals surface area (Å²) in [7, 11) is 0. The van der Waals surface area contributed by atoms with Crippen LogP contribution in [0.5, 0.6) is 0 Å². The molecule has 0 aromatic heterocycles. The summed E-state index contributed by atoms with van der Waals surface area (Å²) in [5, 5.41) is 11.0. The van der Waals surface area contributed by atoms with Gasteiger partial charge >= 0.3 is 0 Å². The minimum Gasteiger partial charge on any atom is -0.392 e. The van der Waals surface area contributed by atoms with Crippen LogP contribution in [0.4, 0.5) is 0 Å². The van der Waals surface area contributed by atoms with Crippen molar-refractivity contribution in [3.05, 3.63) is 71.8 Å². The molecule has 2 atom stereocenters. The van der Waals surface area contributed by atoms with Gasteiger partial charge in [0, 0.05) is 0 Å². The predicted molar refractivity (Wildman–Crippen MR) is 93.2 cm³/mol. The summed E-state index contributed by atoms with van der Waals surface area (Å²) in [5.41, 5.74) is 1.26. The number of ether oxygens (including phenoxy) is 1. The molecule has 1 N–H and O–H groups in total. The first-order valence-electron chi connectivity index (χ1n) is 8.39. The van der Waals surface area contributed by atoms with Crippen molar-refractivity contribution in [2.45, 2.75) is 45.0 Å². The van der Waals surface area contributed by atoms with Crippen LogP contribution in [-0.2, 0) is 10.3 Å². The van der Waals surface area contributed by atoms with E-state index >= 15 is 0 Å². The average Bonchev–Trinajstić information content (AvgIpc) is 2.54. The second-order valence-electron chi connectivity index (χ2n) is 7.39. The number of aliphatic hydroxyl groups excluding tert-OH is 1. The number of benzene rings is 2. The van der Waals surface area contributed by atoms with Crippen LogP contribution in [-0.4, -0.2) is 16.8 Å². The molecule has 0 radical (unpaired) electrons. The Morgan fingerprint density at radius 1 is 0.870 bits per heavy atom. The molecule has 2 nitrogen and oxygen atoms in total. The van der Waals surface area contributed by atoms with Gasteiger partial charge in [-0.05, 0) is 30.9 Å². The SMILES string of the molecule is CC(C)C(O)C1C(C)(C)OC1(c1ccccc1)c1ccccc1. The van der Waals surface area contributed by atoms with E-state index in [2.05, 4.69) is 52.0 Å². The zero-order valence-corrected chi connectivity index (χ0v) is 14.4. The zero-order valence-electron chi connectivity index (χ0n) is 14.4. The highest BCUT2D eigenvalue weighted by atomic mass is 16.6.